The molecule has 1 atom stereocenters. The number of para-hydroxylation sites is 1. The van der Waals surface area contributed by atoms with Crippen LogP contribution in [0, 0.1) is 5.82 Å². The van der Waals surface area contributed by atoms with Gasteiger partial charge in [-0.1, -0.05) is 50.2 Å². The minimum atomic E-state index is -0.439. The molecule has 0 saturated carbocycles. The molecule has 3 N–H and O–H groups in total. The van der Waals surface area contributed by atoms with Crippen LogP contribution in [0.3, 0.4) is 0 Å². The van der Waals surface area contributed by atoms with Crippen molar-refractivity contribution in [2.24, 2.45) is 10.7 Å². The molecule has 0 saturated heterocycles. The average molecular weight is 341 g/mol. The molecular weight excluding hydrogens is 317 g/mol. The molecule has 1 heterocycles. The molecule has 5 heteroatoms. The van der Waals surface area contributed by atoms with Crippen LogP contribution in [0.1, 0.15) is 37.4 Å². The fraction of sp³-hybridized carbons (Fsp3) is 0.350. The lowest BCUT2D eigenvalue weighted by Gasteiger charge is -2.28. The number of nitrogens with zero attached hydrogens (tertiary/aromatic N) is 1. The molecule has 0 amide bonds. The highest BCUT2D eigenvalue weighted by molar-refractivity contribution is 5.78. The average Bonchev–Trinajstić information content (AvgIpc) is 2.61. The number of guanidine groups is 1. The molecular formula is C20H24FN3O. The molecule has 0 radical (unpaired) electrons. The molecule has 132 valence electrons. The summed E-state index contributed by atoms with van der Waals surface area (Å²) >= 11 is 0. The standard InChI is InChI=1S/C20H24FN3O/c1-20(2,15-8-4-5-9-16(15)21)13-23-19(22)24-17-11-12-25-18-10-6-3-7-14(17)18/h3-10,17H,11-13H2,1-2H3,(H3,22,23,24). The first kappa shape index (κ1) is 17.3. The Hall–Kier alpha value is -2.56. The molecule has 0 aromatic heterocycles. The maximum absolute atomic E-state index is 14.0. The topological polar surface area (TPSA) is 59.6 Å². The second-order valence-corrected chi connectivity index (χ2v) is 6.94. The number of fused-ring (bicyclic) bond motifs is 1. The summed E-state index contributed by atoms with van der Waals surface area (Å²) in [6.45, 7) is 4.97. The number of nitrogens with two attached hydrogens (primary N) is 1. The van der Waals surface area contributed by atoms with Crippen molar-refractivity contribution in [2.75, 3.05) is 13.2 Å². The third kappa shape index (κ3) is 3.92. The van der Waals surface area contributed by atoms with E-state index >= 15 is 0 Å². The zero-order chi connectivity index (χ0) is 17.9. The number of rotatable bonds is 4. The van der Waals surface area contributed by atoms with E-state index in [0.29, 0.717) is 24.7 Å². The number of hydrogen-bond donors (Lipinski definition) is 2. The summed E-state index contributed by atoms with van der Waals surface area (Å²) < 4.78 is 19.7. The van der Waals surface area contributed by atoms with Gasteiger partial charge < -0.3 is 15.8 Å². The van der Waals surface area contributed by atoms with E-state index in [1.54, 1.807) is 12.1 Å². The minimum Gasteiger partial charge on any atom is -0.493 e. The van der Waals surface area contributed by atoms with Crippen LogP contribution in [0.15, 0.2) is 53.5 Å². The first-order chi connectivity index (χ1) is 12.0. The maximum Gasteiger partial charge on any atom is 0.189 e. The fourth-order valence-corrected chi connectivity index (χ4v) is 3.09. The molecule has 2 aromatic carbocycles. The van der Waals surface area contributed by atoms with Crippen LogP contribution in [0.5, 0.6) is 5.75 Å². The van der Waals surface area contributed by atoms with Crippen LogP contribution >= 0.6 is 0 Å². The van der Waals surface area contributed by atoms with Crippen molar-refractivity contribution >= 4 is 5.96 Å². The van der Waals surface area contributed by atoms with Crippen molar-refractivity contribution in [1.29, 1.82) is 0 Å². The lowest BCUT2D eigenvalue weighted by molar-refractivity contribution is 0.262. The SMILES string of the molecule is CC(C)(CN=C(N)NC1CCOc2ccccc21)c1ccccc1F. The lowest BCUT2D eigenvalue weighted by atomic mass is 9.84. The summed E-state index contributed by atoms with van der Waals surface area (Å²) in [5.74, 6) is 1.03. The van der Waals surface area contributed by atoms with Gasteiger partial charge in [0.05, 0.1) is 19.2 Å². The van der Waals surface area contributed by atoms with E-state index in [2.05, 4.69) is 10.3 Å². The van der Waals surface area contributed by atoms with Gasteiger partial charge >= 0.3 is 0 Å². The molecule has 2 aromatic rings. The van der Waals surface area contributed by atoms with Crippen molar-refractivity contribution in [1.82, 2.24) is 5.32 Å². The van der Waals surface area contributed by atoms with Crippen molar-refractivity contribution in [3.8, 4) is 5.75 Å². The first-order valence-electron chi connectivity index (χ1n) is 8.50. The molecule has 0 aliphatic carbocycles. The van der Waals surface area contributed by atoms with Gasteiger partial charge in [-0.05, 0) is 17.7 Å². The quantitative estimate of drug-likeness (QED) is 0.661. The molecule has 0 spiro atoms. The summed E-state index contributed by atoms with van der Waals surface area (Å²) in [5, 5.41) is 3.27. The van der Waals surface area contributed by atoms with Crippen LogP contribution < -0.4 is 15.8 Å². The molecule has 1 aliphatic heterocycles. The van der Waals surface area contributed by atoms with Crippen LogP contribution in [0.25, 0.3) is 0 Å². The Labute approximate surface area is 147 Å². The number of ether oxygens (including phenoxy) is 1. The van der Waals surface area contributed by atoms with E-state index in [-0.39, 0.29) is 11.9 Å². The van der Waals surface area contributed by atoms with E-state index in [4.69, 9.17) is 10.5 Å². The minimum absolute atomic E-state index is 0.0743. The van der Waals surface area contributed by atoms with Crippen molar-refractivity contribution in [3.63, 3.8) is 0 Å². The highest BCUT2D eigenvalue weighted by Crippen LogP contribution is 2.31. The first-order valence-corrected chi connectivity index (χ1v) is 8.50. The van der Waals surface area contributed by atoms with Gasteiger partial charge in [-0.2, -0.15) is 0 Å². The summed E-state index contributed by atoms with van der Waals surface area (Å²) in [6.07, 6.45) is 0.823. The van der Waals surface area contributed by atoms with Crippen LogP contribution in [0.4, 0.5) is 4.39 Å². The Bertz CT molecular complexity index is 773. The number of halogens is 1. The van der Waals surface area contributed by atoms with Crippen molar-refractivity contribution < 1.29 is 9.13 Å². The fourth-order valence-electron chi connectivity index (χ4n) is 3.09. The largest absolute Gasteiger partial charge is 0.493 e. The molecule has 0 bridgehead atoms. The van der Waals surface area contributed by atoms with Gasteiger partial charge in [0.2, 0.25) is 0 Å². The van der Waals surface area contributed by atoms with E-state index in [9.17, 15) is 4.39 Å². The van der Waals surface area contributed by atoms with Gasteiger partial charge in [0.1, 0.15) is 11.6 Å². The van der Waals surface area contributed by atoms with Gasteiger partial charge in [0, 0.05) is 17.4 Å². The Morgan fingerprint density at radius 2 is 1.96 bits per heavy atom. The van der Waals surface area contributed by atoms with Gasteiger partial charge in [-0.25, -0.2) is 4.39 Å². The maximum atomic E-state index is 14.0. The normalized spacial score (nSPS) is 17.6. The Kier molecular flexibility index (Phi) is 4.93. The second-order valence-electron chi connectivity index (χ2n) is 6.94. The molecule has 1 unspecified atom stereocenters. The molecule has 4 nitrogen and oxygen atoms in total. The van der Waals surface area contributed by atoms with Gasteiger partial charge in [0.25, 0.3) is 0 Å². The lowest BCUT2D eigenvalue weighted by Crippen LogP contribution is -2.38. The zero-order valence-corrected chi connectivity index (χ0v) is 14.6. The summed E-state index contributed by atoms with van der Waals surface area (Å²) in [4.78, 5) is 4.46. The van der Waals surface area contributed by atoms with Gasteiger partial charge in [0.15, 0.2) is 5.96 Å². The van der Waals surface area contributed by atoms with Crippen LogP contribution in [-0.4, -0.2) is 19.1 Å². The van der Waals surface area contributed by atoms with Gasteiger partial charge in [-0.15, -0.1) is 0 Å². The molecule has 0 fully saturated rings. The highest BCUT2D eigenvalue weighted by Gasteiger charge is 2.25. The summed E-state index contributed by atoms with van der Waals surface area (Å²) in [7, 11) is 0. The van der Waals surface area contributed by atoms with Gasteiger partial charge in [-0.3, -0.25) is 4.99 Å². The number of hydrogen-bond acceptors (Lipinski definition) is 2. The monoisotopic (exact) mass is 341 g/mol. The summed E-state index contributed by atoms with van der Waals surface area (Å²) in [6, 6.07) is 14.8. The molecule has 25 heavy (non-hydrogen) atoms. The predicted octanol–water partition coefficient (Wildman–Crippen LogP) is 3.53. The Morgan fingerprint density at radius 1 is 1.24 bits per heavy atom. The number of benzene rings is 2. The summed E-state index contributed by atoms with van der Waals surface area (Å²) in [5.41, 5.74) is 7.38. The number of aliphatic imine (C=N–C) groups is 1. The second kappa shape index (κ2) is 7.13. The number of nitrogens with one attached hydrogen (secondary N) is 1. The third-order valence-corrected chi connectivity index (χ3v) is 4.53. The van der Waals surface area contributed by atoms with E-state index < -0.39 is 5.41 Å². The highest BCUT2D eigenvalue weighted by atomic mass is 19.1. The van der Waals surface area contributed by atoms with E-state index in [0.717, 1.165) is 17.7 Å². The van der Waals surface area contributed by atoms with Crippen LogP contribution in [-0.2, 0) is 5.41 Å². The van der Waals surface area contributed by atoms with Crippen molar-refractivity contribution in [2.45, 2.75) is 31.7 Å². The smallest absolute Gasteiger partial charge is 0.189 e. The Balaban J connectivity index is 1.70. The molecule has 3 rings (SSSR count). The van der Waals surface area contributed by atoms with Crippen LogP contribution in [0.2, 0.25) is 0 Å². The zero-order valence-electron chi connectivity index (χ0n) is 14.6. The third-order valence-electron chi connectivity index (χ3n) is 4.53. The Morgan fingerprint density at radius 3 is 2.76 bits per heavy atom. The van der Waals surface area contributed by atoms with E-state index in [1.165, 1.54) is 6.07 Å². The van der Waals surface area contributed by atoms with Crippen molar-refractivity contribution in [3.05, 3.63) is 65.5 Å². The van der Waals surface area contributed by atoms with E-state index in [1.807, 2.05) is 44.2 Å². The predicted molar refractivity (Wildman–Crippen MR) is 98.3 cm³/mol. The molecule has 1 aliphatic rings.